The van der Waals surface area contributed by atoms with Gasteiger partial charge < -0.3 is 28.7 Å². The fourth-order valence-corrected chi connectivity index (χ4v) is 0. The van der Waals surface area contributed by atoms with E-state index in [0.29, 0.717) is 32.7 Å². The van der Waals surface area contributed by atoms with E-state index in [2.05, 4.69) is 0 Å². The van der Waals surface area contributed by atoms with Crippen molar-refractivity contribution < 1.29 is 22.4 Å². The van der Waals surface area contributed by atoms with Gasteiger partial charge in [0.05, 0.1) is 0 Å². The van der Waals surface area contributed by atoms with Crippen LogP contribution in [0, 0.1) is 0 Å². The molecule has 0 radical (unpaired) electrons. The monoisotopic (exact) mass is 471 g/mol. The van der Waals surface area contributed by atoms with E-state index >= 15 is 0 Å². The quantitative estimate of drug-likeness (QED) is 0.402. The molecule has 0 aliphatic rings. The zero-order valence-electron chi connectivity index (χ0n) is 15.0. The van der Waals surface area contributed by atoms with Crippen LogP contribution in [-0.4, -0.2) is 32.7 Å². The molecule has 0 saturated carbocycles. The first kappa shape index (κ1) is 37.6. The molecule has 0 bridgehead atoms. The summed E-state index contributed by atoms with van der Waals surface area (Å²) in [5, 5.41) is 0. The van der Waals surface area contributed by atoms with Crippen LogP contribution >= 0.6 is 0 Å². The van der Waals surface area contributed by atoms with Crippen molar-refractivity contribution in [3.8, 4) is 0 Å². The molecular formula is C15H40N5Ta. The van der Waals surface area contributed by atoms with Crippen molar-refractivity contribution in [3.63, 3.8) is 0 Å². The molecule has 0 aromatic heterocycles. The molecule has 0 aliphatic carbocycles. The minimum atomic E-state index is 0. The number of nitrogens with one attached hydrogen (secondary N) is 5. The van der Waals surface area contributed by atoms with E-state index in [9.17, 15) is 0 Å². The van der Waals surface area contributed by atoms with Crippen LogP contribution in [0.3, 0.4) is 0 Å². The normalized spacial score (nSPS) is 7.14. The molecule has 5 N–H and O–H groups in total. The molecule has 21 heavy (non-hydrogen) atoms. The molecule has 0 saturated heterocycles. The van der Waals surface area contributed by atoms with Gasteiger partial charge in [-0.1, -0.05) is 66.7 Å². The summed E-state index contributed by atoms with van der Waals surface area (Å²) in [6.07, 6.45) is 4.93. The van der Waals surface area contributed by atoms with Gasteiger partial charge in [0, 0.05) is 0 Å². The molecule has 0 aromatic carbocycles. The second kappa shape index (κ2) is 70.6. The Labute approximate surface area is 150 Å². The van der Waals surface area contributed by atoms with E-state index in [-0.39, 0.29) is 22.4 Å². The summed E-state index contributed by atoms with van der Waals surface area (Å²) in [6, 6.07) is 0. The third-order valence-electron chi connectivity index (χ3n) is 1.25. The molecule has 0 spiro atoms. The molecule has 0 amide bonds. The molecule has 0 aromatic rings. The molecule has 0 rings (SSSR count). The molecule has 5 nitrogen and oxygen atoms in total. The predicted molar refractivity (Wildman–Crippen MR) is 97.4 cm³/mol. The van der Waals surface area contributed by atoms with E-state index in [1.165, 1.54) is 0 Å². The van der Waals surface area contributed by atoms with Crippen molar-refractivity contribution in [2.75, 3.05) is 32.7 Å². The van der Waals surface area contributed by atoms with Gasteiger partial charge in [0.25, 0.3) is 0 Å². The van der Waals surface area contributed by atoms with Crippen LogP contribution in [0.1, 0.15) is 66.7 Å². The van der Waals surface area contributed by atoms with Crippen molar-refractivity contribution in [2.24, 2.45) is 0 Å². The Morgan fingerprint density at radius 3 is 0.429 bits per heavy atom. The smallest absolute Gasteiger partial charge is 0.677 e. The Morgan fingerprint density at radius 2 is 0.429 bits per heavy atom. The van der Waals surface area contributed by atoms with Crippen molar-refractivity contribution in [1.82, 2.24) is 0 Å². The second-order valence-corrected chi connectivity index (χ2v) is 3.75. The van der Waals surface area contributed by atoms with Gasteiger partial charge in [0.1, 0.15) is 0 Å². The van der Waals surface area contributed by atoms with Gasteiger partial charge in [0.2, 0.25) is 0 Å². The van der Waals surface area contributed by atoms with Crippen molar-refractivity contribution >= 4 is 0 Å². The van der Waals surface area contributed by atoms with Crippen LogP contribution in [0.2, 0.25) is 0 Å². The average molecular weight is 471 g/mol. The Balaban J connectivity index is -0.0000000331. The summed E-state index contributed by atoms with van der Waals surface area (Å²) >= 11 is 0. The van der Waals surface area contributed by atoms with Crippen molar-refractivity contribution in [2.45, 2.75) is 66.7 Å². The molecule has 0 unspecified atom stereocenters. The molecule has 0 aliphatic heterocycles. The Kier molecular flexibility index (Phi) is 127. The molecule has 130 valence electrons. The van der Waals surface area contributed by atoms with E-state index in [1.54, 1.807) is 0 Å². The third kappa shape index (κ3) is 230. The topological polar surface area (TPSA) is 119 Å². The van der Waals surface area contributed by atoms with Crippen LogP contribution in [-0.2, 0) is 22.4 Å². The van der Waals surface area contributed by atoms with Gasteiger partial charge in [-0.05, 0) is 0 Å². The SMILES string of the molecule is CCC[NH-].CCC[NH-].CCC[NH-].CCC[NH-].CCC[NH-].[Ta+5]. The van der Waals surface area contributed by atoms with Gasteiger partial charge in [-0.3, -0.25) is 0 Å². The Hall–Kier alpha value is 0.540. The summed E-state index contributed by atoms with van der Waals surface area (Å²) in [5.41, 5.74) is 32.3. The largest absolute Gasteiger partial charge is 5.00 e. The van der Waals surface area contributed by atoms with E-state index < -0.39 is 0 Å². The van der Waals surface area contributed by atoms with Crippen LogP contribution in [0.15, 0.2) is 0 Å². The number of hydrogen-bond acceptors (Lipinski definition) is 0. The number of rotatable bonds is 5. The third-order valence-corrected chi connectivity index (χ3v) is 1.25. The zero-order valence-corrected chi connectivity index (χ0v) is 18.2. The Morgan fingerprint density at radius 1 is 0.381 bits per heavy atom. The van der Waals surface area contributed by atoms with Crippen molar-refractivity contribution in [1.29, 1.82) is 0 Å². The minimum absolute atomic E-state index is 0. The second-order valence-electron chi connectivity index (χ2n) is 3.75. The van der Waals surface area contributed by atoms with E-state index in [4.69, 9.17) is 28.7 Å². The maximum Gasteiger partial charge on any atom is 5.00 e. The average Bonchev–Trinajstić information content (AvgIpc) is 2.55. The first-order valence-electron chi connectivity index (χ1n) is 7.80. The van der Waals surface area contributed by atoms with E-state index in [1.807, 2.05) is 34.6 Å². The van der Waals surface area contributed by atoms with Gasteiger partial charge in [0.15, 0.2) is 0 Å². The van der Waals surface area contributed by atoms with Crippen LogP contribution in [0.25, 0.3) is 28.7 Å². The molecule has 0 atom stereocenters. The summed E-state index contributed by atoms with van der Waals surface area (Å²) in [5.74, 6) is 0. The zero-order chi connectivity index (χ0) is 17.1. The first-order chi connectivity index (χ1) is 9.57. The van der Waals surface area contributed by atoms with Crippen LogP contribution in [0.4, 0.5) is 0 Å². The van der Waals surface area contributed by atoms with Gasteiger partial charge in [-0.25, -0.2) is 0 Å². The maximum atomic E-state index is 6.45. The summed E-state index contributed by atoms with van der Waals surface area (Å²) in [6.45, 7) is 12.8. The maximum absolute atomic E-state index is 6.45. The van der Waals surface area contributed by atoms with Crippen molar-refractivity contribution in [3.05, 3.63) is 28.7 Å². The molecule has 0 heterocycles. The standard InChI is InChI=1S/5C3H8N.Ta/c5*1-2-3-4;/h5*4H,2-3H2,1H3;/q5*-1;+5. The summed E-state index contributed by atoms with van der Waals surface area (Å²) in [7, 11) is 0. The van der Waals surface area contributed by atoms with E-state index in [0.717, 1.165) is 32.1 Å². The summed E-state index contributed by atoms with van der Waals surface area (Å²) in [4.78, 5) is 0. The molecule has 6 heteroatoms. The summed E-state index contributed by atoms with van der Waals surface area (Å²) < 4.78 is 0. The fourth-order valence-electron chi connectivity index (χ4n) is 0. The van der Waals surface area contributed by atoms with Crippen LogP contribution in [0.5, 0.6) is 0 Å². The number of hydrogen-bond donors (Lipinski definition) is 0. The van der Waals surface area contributed by atoms with Gasteiger partial charge >= 0.3 is 22.4 Å². The fraction of sp³-hybridized carbons (Fsp3) is 1.00. The predicted octanol–water partition coefficient (Wildman–Crippen LogP) is 7.24. The van der Waals surface area contributed by atoms with Gasteiger partial charge in [-0.2, -0.15) is 32.7 Å². The molecular weight excluding hydrogens is 431 g/mol. The van der Waals surface area contributed by atoms with Gasteiger partial charge in [-0.15, -0.1) is 0 Å². The Bertz CT molecular complexity index is 55.2. The first-order valence-corrected chi connectivity index (χ1v) is 7.80. The minimum Gasteiger partial charge on any atom is -0.677 e. The molecule has 0 fully saturated rings. The van der Waals surface area contributed by atoms with Crippen LogP contribution < -0.4 is 0 Å².